The number of carbonyl (C=O) groups excluding carboxylic acids is 1. The van der Waals surface area contributed by atoms with Crippen LogP contribution < -0.4 is 10.6 Å². The Bertz CT molecular complexity index is 410. The molecule has 5 nitrogen and oxygen atoms in total. The predicted molar refractivity (Wildman–Crippen MR) is 79.3 cm³/mol. The summed E-state index contributed by atoms with van der Waals surface area (Å²) in [6.45, 7) is 6.86. The number of piperidine rings is 1. The van der Waals surface area contributed by atoms with E-state index in [1.54, 1.807) is 12.4 Å². The summed E-state index contributed by atoms with van der Waals surface area (Å²) in [5.74, 6) is 0.577. The molecular weight excluding hydrogens is 252 g/mol. The summed E-state index contributed by atoms with van der Waals surface area (Å²) in [6.07, 6.45) is 5.93. The van der Waals surface area contributed by atoms with Crippen molar-refractivity contribution in [3.05, 3.63) is 30.1 Å². The molecule has 1 aliphatic rings. The molecule has 0 radical (unpaired) electrons. The third kappa shape index (κ3) is 4.81. The van der Waals surface area contributed by atoms with Crippen LogP contribution in [0.3, 0.4) is 0 Å². The van der Waals surface area contributed by atoms with E-state index in [2.05, 4.69) is 27.4 Å². The van der Waals surface area contributed by atoms with Gasteiger partial charge in [-0.1, -0.05) is 13.0 Å². The number of rotatable bonds is 5. The van der Waals surface area contributed by atoms with Gasteiger partial charge in [-0.3, -0.25) is 4.98 Å². The monoisotopic (exact) mass is 276 g/mol. The molecule has 110 valence electrons. The summed E-state index contributed by atoms with van der Waals surface area (Å²) in [7, 11) is 0. The van der Waals surface area contributed by atoms with Crippen molar-refractivity contribution in [2.45, 2.75) is 26.3 Å². The number of hydrogen-bond donors (Lipinski definition) is 2. The molecule has 2 N–H and O–H groups in total. The zero-order valence-corrected chi connectivity index (χ0v) is 12.1. The van der Waals surface area contributed by atoms with Crippen molar-refractivity contribution in [1.29, 1.82) is 0 Å². The maximum Gasteiger partial charge on any atom is 0.315 e. The molecule has 1 aromatic heterocycles. The minimum Gasteiger partial charge on any atom is -0.338 e. The summed E-state index contributed by atoms with van der Waals surface area (Å²) in [5.41, 5.74) is 1.01. The number of urea groups is 1. The molecule has 0 bridgehead atoms. The number of aromatic nitrogens is 1. The first-order chi connectivity index (χ1) is 9.78. The Labute approximate surface area is 120 Å². The van der Waals surface area contributed by atoms with Crippen LogP contribution in [0, 0.1) is 5.92 Å². The highest BCUT2D eigenvalue weighted by Gasteiger charge is 2.18. The van der Waals surface area contributed by atoms with Gasteiger partial charge in [0, 0.05) is 32.0 Å². The minimum absolute atomic E-state index is 0.0949. The smallest absolute Gasteiger partial charge is 0.315 e. The second-order valence-electron chi connectivity index (χ2n) is 5.33. The largest absolute Gasteiger partial charge is 0.338 e. The highest BCUT2D eigenvalue weighted by atomic mass is 16.2. The van der Waals surface area contributed by atoms with E-state index in [4.69, 9.17) is 0 Å². The molecule has 1 unspecified atom stereocenters. The van der Waals surface area contributed by atoms with Gasteiger partial charge in [0.2, 0.25) is 0 Å². The fraction of sp³-hybridized carbons (Fsp3) is 0.600. The summed E-state index contributed by atoms with van der Waals surface area (Å²) in [4.78, 5) is 18.2. The molecule has 20 heavy (non-hydrogen) atoms. The van der Waals surface area contributed by atoms with Gasteiger partial charge in [0.1, 0.15) is 0 Å². The maximum absolute atomic E-state index is 11.8. The second kappa shape index (κ2) is 7.85. The zero-order valence-electron chi connectivity index (χ0n) is 12.1. The third-order valence-electron chi connectivity index (χ3n) is 3.78. The number of nitrogens with one attached hydrogen (secondary N) is 2. The summed E-state index contributed by atoms with van der Waals surface area (Å²) >= 11 is 0. The molecule has 0 spiro atoms. The van der Waals surface area contributed by atoms with E-state index in [0.717, 1.165) is 25.2 Å². The molecule has 1 aliphatic heterocycles. The molecule has 5 heteroatoms. The SMILES string of the molecule is CCN1CCCC(CNC(=O)NCc2cccnc2)C1. The van der Waals surface area contributed by atoms with Crippen LogP contribution in [-0.4, -0.2) is 42.1 Å². The summed E-state index contributed by atoms with van der Waals surface area (Å²) in [5, 5.41) is 5.83. The fourth-order valence-electron chi connectivity index (χ4n) is 2.59. The van der Waals surface area contributed by atoms with E-state index in [0.29, 0.717) is 12.5 Å². The number of hydrogen-bond acceptors (Lipinski definition) is 3. The van der Waals surface area contributed by atoms with E-state index >= 15 is 0 Å². The maximum atomic E-state index is 11.8. The normalized spacial score (nSPS) is 19.6. The van der Waals surface area contributed by atoms with E-state index in [1.807, 2.05) is 12.1 Å². The van der Waals surface area contributed by atoms with Crippen molar-refractivity contribution in [1.82, 2.24) is 20.5 Å². The van der Waals surface area contributed by atoms with E-state index < -0.39 is 0 Å². The first-order valence-corrected chi connectivity index (χ1v) is 7.41. The van der Waals surface area contributed by atoms with Gasteiger partial charge < -0.3 is 15.5 Å². The Kier molecular flexibility index (Phi) is 5.80. The van der Waals surface area contributed by atoms with Gasteiger partial charge in [-0.05, 0) is 43.5 Å². The average molecular weight is 276 g/mol. The van der Waals surface area contributed by atoms with Crippen LogP contribution in [0.5, 0.6) is 0 Å². The summed E-state index contributed by atoms with van der Waals surface area (Å²) < 4.78 is 0. The van der Waals surface area contributed by atoms with Crippen molar-refractivity contribution in [2.24, 2.45) is 5.92 Å². The van der Waals surface area contributed by atoms with Gasteiger partial charge >= 0.3 is 6.03 Å². The standard InChI is InChI=1S/C15H24N4O/c1-2-19-8-4-6-14(12-19)11-18-15(20)17-10-13-5-3-7-16-9-13/h3,5,7,9,14H,2,4,6,8,10-12H2,1H3,(H2,17,18,20). The number of carbonyl (C=O) groups is 1. The van der Waals surface area contributed by atoms with Gasteiger partial charge in [-0.15, -0.1) is 0 Å². The highest BCUT2D eigenvalue weighted by molar-refractivity contribution is 5.73. The Hall–Kier alpha value is -1.62. The Morgan fingerprint density at radius 1 is 1.50 bits per heavy atom. The molecule has 1 atom stereocenters. The van der Waals surface area contributed by atoms with Crippen molar-refractivity contribution in [3.8, 4) is 0 Å². The average Bonchev–Trinajstić information content (AvgIpc) is 2.52. The van der Waals surface area contributed by atoms with Crippen molar-refractivity contribution >= 4 is 6.03 Å². The van der Waals surface area contributed by atoms with Gasteiger partial charge in [0.25, 0.3) is 0 Å². The van der Waals surface area contributed by atoms with Crippen molar-refractivity contribution in [2.75, 3.05) is 26.2 Å². The van der Waals surface area contributed by atoms with Gasteiger partial charge in [0.05, 0.1) is 0 Å². The Morgan fingerprint density at radius 2 is 2.40 bits per heavy atom. The van der Waals surface area contributed by atoms with Gasteiger partial charge in [-0.25, -0.2) is 4.79 Å². The molecular formula is C15H24N4O. The Morgan fingerprint density at radius 3 is 3.15 bits per heavy atom. The molecule has 2 rings (SSSR count). The van der Waals surface area contributed by atoms with Crippen LogP contribution in [0.25, 0.3) is 0 Å². The van der Waals surface area contributed by atoms with Crippen LogP contribution in [0.2, 0.25) is 0 Å². The second-order valence-corrected chi connectivity index (χ2v) is 5.33. The molecule has 0 aliphatic carbocycles. The van der Waals surface area contributed by atoms with Crippen LogP contribution in [0.4, 0.5) is 4.79 Å². The zero-order chi connectivity index (χ0) is 14.2. The number of amides is 2. The number of pyridine rings is 1. The van der Waals surface area contributed by atoms with Crippen molar-refractivity contribution in [3.63, 3.8) is 0 Å². The van der Waals surface area contributed by atoms with Crippen LogP contribution in [0.15, 0.2) is 24.5 Å². The molecule has 0 saturated carbocycles. The lowest BCUT2D eigenvalue weighted by molar-refractivity contribution is 0.179. The fourth-order valence-corrected chi connectivity index (χ4v) is 2.59. The van der Waals surface area contributed by atoms with Crippen molar-refractivity contribution < 1.29 is 4.79 Å². The van der Waals surface area contributed by atoms with Crippen LogP contribution in [-0.2, 0) is 6.54 Å². The minimum atomic E-state index is -0.0949. The molecule has 1 aromatic rings. The van der Waals surface area contributed by atoms with Crippen LogP contribution >= 0.6 is 0 Å². The first kappa shape index (κ1) is 14.8. The topological polar surface area (TPSA) is 57.3 Å². The molecule has 2 heterocycles. The first-order valence-electron chi connectivity index (χ1n) is 7.41. The number of likely N-dealkylation sites (tertiary alicyclic amines) is 1. The molecule has 2 amide bonds. The Balaban J connectivity index is 1.65. The lowest BCUT2D eigenvalue weighted by atomic mass is 9.98. The lowest BCUT2D eigenvalue weighted by Gasteiger charge is -2.31. The summed E-state index contributed by atoms with van der Waals surface area (Å²) in [6, 6.07) is 3.73. The van der Waals surface area contributed by atoms with E-state index in [-0.39, 0.29) is 6.03 Å². The lowest BCUT2D eigenvalue weighted by Crippen LogP contribution is -2.43. The van der Waals surface area contributed by atoms with Gasteiger partial charge in [0.15, 0.2) is 0 Å². The quantitative estimate of drug-likeness (QED) is 0.859. The molecule has 0 aromatic carbocycles. The van der Waals surface area contributed by atoms with E-state index in [9.17, 15) is 4.79 Å². The van der Waals surface area contributed by atoms with Crippen LogP contribution in [0.1, 0.15) is 25.3 Å². The number of nitrogens with zero attached hydrogens (tertiary/aromatic N) is 2. The predicted octanol–water partition coefficient (Wildman–Crippen LogP) is 1.61. The molecule has 1 saturated heterocycles. The highest BCUT2D eigenvalue weighted by Crippen LogP contribution is 2.14. The third-order valence-corrected chi connectivity index (χ3v) is 3.78. The van der Waals surface area contributed by atoms with E-state index in [1.165, 1.54) is 19.4 Å². The van der Waals surface area contributed by atoms with Gasteiger partial charge in [-0.2, -0.15) is 0 Å². The molecule has 1 fully saturated rings.